The monoisotopic (exact) mass is 287 g/mol. The maximum Gasteiger partial charge on any atom is 0.332 e. The molecule has 0 radical (unpaired) electrons. The van der Waals surface area contributed by atoms with Crippen LogP contribution in [0.3, 0.4) is 0 Å². The lowest BCUT2D eigenvalue weighted by atomic mass is 9.81. The second kappa shape index (κ2) is 5.55. The number of rotatable bonds is 2. The molecule has 1 aliphatic rings. The van der Waals surface area contributed by atoms with Gasteiger partial charge in [-0.3, -0.25) is 0 Å². The molecule has 0 aliphatic carbocycles. The number of hydrogen-bond donors (Lipinski definition) is 1. The number of carbonyl (C=O) groups excluding carboxylic acids is 1. The van der Waals surface area contributed by atoms with Crippen LogP contribution in [0.15, 0.2) is 12.1 Å². The van der Waals surface area contributed by atoms with Gasteiger partial charge in [-0.1, -0.05) is 0 Å². The molecular formula is C18H25NO2. The van der Waals surface area contributed by atoms with Crippen molar-refractivity contribution in [2.24, 2.45) is 0 Å². The van der Waals surface area contributed by atoms with E-state index in [2.05, 4.69) is 46.0 Å². The van der Waals surface area contributed by atoms with Gasteiger partial charge in [0.1, 0.15) is 0 Å². The molecule has 1 N–H and O–H groups in total. The predicted molar refractivity (Wildman–Crippen MR) is 86.2 cm³/mol. The van der Waals surface area contributed by atoms with Crippen LogP contribution in [0.4, 0.5) is 0 Å². The summed E-state index contributed by atoms with van der Waals surface area (Å²) in [4.78, 5) is 11.8. The summed E-state index contributed by atoms with van der Waals surface area (Å²) in [5.74, 6) is -0.292. The first kappa shape index (κ1) is 15.6. The van der Waals surface area contributed by atoms with Crippen LogP contribution in [0, 0.1) is 20.8 Å². The Morgan fingerprint density at radius 1 is 1.33 bits per heavy atom. The highest BCUT2D eigenvalue weighted by atomic mass is 16.5. The first-order valence-corrected chi connectivity index (χ1v) is 7.52. The number of aryl methyl sites for hydroxylation is 1. The first-order valence-electron chi connectivity index (χ1n) is 7.52. The molecule has 1 aromatic carbocycles. The Kier molecular flexibility index (Phi) is 4.13. The van der Waals surface area contributed by atoms with Crippen molar-refractivity contribution in [3.63, 3.8) is 0 Å². The van der Waals surface area contributed by atoms with Gasteiger partial charge in [0.15, 0.2) is 0 Å². The van der Waals surface area contributed by atoms with Crippen molar-refractivity contribution in [2.75, 3.05) is 6.61 Å². The SMILES string of the molecule is CCOC(=O)/C=C1\NC(C)(C)Cc2c1cc(C)c(C)c2C. The van der Waals surface area contributed by atoms with Gasteiger partial charge in [0, 0.05) is 22.9 Å². The topological polar surface area (TPSA) is 38.3 Å². The number of ether oxygens (including phenoxy) is 1. The van der Waals surface area contributed by atoms with Crippen molar-refractivity contribution in [1.29, 1.82) is 0 Å². The maximum atomic E-state index is 11.8. The van der Waals surface area contributed by atoms with E-state index in [4.69, 9.17) is 4.74 Å². The van der Waals surface area contributed by atoms with Crippen LogP contribution in [0.1, 0.15) is 48.6 Å². The zero-order valence-corrected chi connectivity index (χ0v) is 13.9. The van der Waals surface area contributed by atoms with Crippen LogP contribution in [-0.2, 0) is 16.0 Å². The minimum atomic E-state index is -0.292. The second-order valence-electron chi connectivity index (χ2n) is 6.47. The van der Waals surface area contributed by atoms with E-state index in [-0.39, 0.29) is 11.5 Å². The highest BCUT2D eigenvalue weighted by Gasteiger charge is 2.30. The lowest BCUT2D eigenvalue weighted by Gasteiger charge is -2.37. The van der Waals surface area contributed by atoms with Crippen molar-refractivity contribution in [3.05, 3.63) is 40.0 Å². The third-order valence-corrected chi connectivity index (χ3v) is 4.22. The Bertz CT molecular complexity index is 612. The van der Waals surface area contributed by atoms with Gasteiger partial charge in [0.25, 0.3) is 0 Å². The van der Waals surface area contributed by atoms with E-state index in [1.807, 2.05) is 6.92 Å². The van der Waals surface area contributed by atoms with Crippen molar-refractivity contribution >= 4 is 11.7 Å². The molecule has 0 fully saturated rings. The summed E-state index contributed by atoms with van der Waals surface area (Å²) >= 11 is 0. The van der Waals surface area contributed by atoms with Crippen LogP contribution in [0.5, 0.6) is 0 Å². The zero-order chi connectivity index (χ0) is 15.8. The van der Waals surface area contributed by atoms with E-state index >= 15 is 0 Å². The number of hydrogen-bond acceptors (Lipinski definition) is 3. The first-order chi connectivity index (χ1) is 9.75. The standard InChI is InChI=1S/C18H25NO2/c1-7-21-17(20)9-16-14-8-11(2)12(3)13(4)15(14)10-18(5,6)19-16/h8-9,19H,7,10H2,1-6H3/b16-9-. The quantitative estimate of drug-likeness (QED) is 0.669. The molecule has 114 valence electrons. The Hall–Kier alpha value is -1.77. The highest BCUT2D eigenvalue weighted by Crippen LogP contribution is 2.34. The minimum Gasteiger partial charge on any atom is -0.463 e. The molecule has 0 spiro atoms. The summed E-state index contributed by atoms with van der Waals surface area (Å²) in [5, 5.41) is 3.47. The number of carbonyl (C=O) groups is 1. The highest BCUT2D eigenvalue weighted by molar-refractivity contribution is 5.92. The molecule has 1 aromatic rings. The molecule has 0 unspecified atom stereocenters. The van der Waals surface area contributed by atoms with Crippen molar-refractivity contribution < 1.29 is 9.53 Å². The Morgan fingerprint density at radius 2 is 2.00 bits per heavy atom. The molecule has 1 aliphatic heterocycles. The van der Waals surface area contributed by atoms with Crippen LogP contribution in [0.2, 0.25) is 0 Å². The fraction of sp³-hybridized carbons (Fsp3) is 0.500. The van der Waals surface area contributed by atoms with Crippen LogP contribution >= 0.6 is 0 Å². The van der Waals surface area contributed by atoms with Gasteiger partial charge < -0.3 is 10.1 Å². The number of fused-ring (bicyclic) bond motifs is 1. The van der Waals surface area contributed by atoms with Crippen molar-refractivity contribution in [2.45, 2.75) is 53.5 Å². The lowest BCUT2D eigenvalue weighted by molar-refractivity contribution is -0.137. The molecular weight excluding hydrogens is 262 g/mol. The lowest BCUT2D eigenvalue weighted by Crippen LogP contribution is -2.44. The number of esters is 1. The Balaban J connectivity index is 2.59. The predicted octanol–water partition coefficient (Wildman–Crippen LogP) is 3.44. The zero-order valence-electron chi connectivity index (χ0n) is 13.9. The molecule has 3 nitrogen and oxygen atoms in total. The third kappa shape index (κ3) is 3.12. The van der Waals surface area contributed by atoms with E-state index in [9.17, 15) is 4.79 Å². The normalized spacial score (nSPS) is 18.1. The molecule has 0 atom stereocenters. The molecule has 2 rings (SSSR count). The van der Waals surface area contributed by atoms with E-state index in [0.29, 0.717) is 6.61 Å². The van der Waals surface area contributed by atoms with Gasteiger partial charge >= 0.3 is 5.97 Å². The summed E-state index contributed by atoms with van der Waals surface area (Å²) in [6, 6.07) is 2.17. The summed E-state index contributed by atoms with van der Waals surface area (Å²) in [5.41, 5.74) is 7.17. The van der Waals surface area contributed by atoms with Crippen LogP contribution in [-0.4, -0.2) is 18.1 Å². The van der Waals surface area contributed by atoms with Gasteiger partial charge in [0.05, 0.1) is 6.61 Å². The van der Waals surface area contributed by atoms with Gasteiger partial charge in [-0.05, 0) is 76.3 Å². The van der Waals surface area contributed by atoms with Gasteiger partial charge in [-0.2, -0.15) is 0 Å². The average Bonchev–Trinajstić information content (AvgIpc) is 2.37. The number of nitrogens with one attached hydrogen (secondary N) is 1. The Labute approximate surface area is 127 Å². The van der Waals surface area contributed by atoms with Crippen molar-refractivity contribution in [1.82, 2.24) is 5.32 Å². The molecule has 0 bridgehead atoms. The summed E-state index contributed by atoms with van der Waals surface area (Å²) < 4.78 is 5.06. The van der Waals surface area contributed by atoms with E-state index in [0.717, 1.165) is 17.7 Å². The molecule has 0 aromatic heterocycles. The Morgan fingerprint density at radius 3 is 2.62 bits per heavy atom. The molecule has 21 heavy (non-hydrogen) atoms. The van der Waals surface area contributed by atoms with E-state index in [1.54, 1.807) is 6.08 Å². The fourth-order valence-corrected chi connectivity index (χ4v) is 2.94. The van der Waals surface area contributed by atoms with Crippen LogP contribution < -0.4 is 5.32 Å². The van der Waals surface area contributed by atoms with Gasteiger partial charge in [-0.15, -0.1) is 0 Å². The summed E-state index contributed by atoms with van der Waals surface area (Å²) in [6.07, 6.45) is 2.53. The third-order valence-electron chi connectivity index (χ3n) is 4.22. The molecule has 1 heterocycles. The second-order valence-corrected chi connectivity index (χ2v) is 6.47. The van der Waals surface area contributed by atoms with E-state index < -0.39 is 0 Å². The molecule has 0 saturated heterocycles. The largest absolute Gasteiger partial charge is 0.463 e. The van der Waals surface area contributed by atoms with Gasteiger partial charge in [-0.25, -0.2) is 4.79 Å². The molecule has 0 saturated carbocycles. The summed E-state index contributed by atoms with van der Waals surface area (Å²) in [6.45, 7) is 13.0. The van der Waals surface area contributed by atoms with Gasteiger partial charge in [0.2, 0.25) is 0 Å². The minimum absolute atomic E-state index is 0.0716. The fourth-order valence-electron chi connectivity index (χ4n) is 2.94. The summed E-state index contributed by atoms with van der Waals surface area (Å²) in [7, 11) is 0. The van der Waals surface area contributed by atoms with Crippen LogP contribution in [0.25, 0.3) is 5.70 Å². The smallest absolute Gasteiger partial charge is 0.332 e. The average molecular weight is 287 g/mol. The van der Waals surface area contributed by atoms with Crippen molar-refractivity contribution in [3.8, 4) is 0 Å². The maximum absolute atomic E-state index is 11.8. The molecule has 3 heteroatoms. The van der Waals surface area contributed by atoms with E-state index in [1.165, 1.54) is 22.3 Å². The molecule has 0 amide bonds. The number of benzene rings is 1.